The number of nitrogens with zero attached hydrogens (tertiary/aromatic N) is 1. The summed E-state index contributed by atoms with van der Waals surface area (Å²) < 4.78 is 29.2. The molecule has 0 aliphatic rings. The van der Waals surface area contributed by atoms with Crippen molar-refractivity contribution in [2.75, 3.05) is 7.11 Å². The first-order valence-electron chi connectivity index (χ1n) is 4.89. The van der Waals surface area contributed by atoms with Gasteiger partial charge in [-0.05, 0) is 18.2 Å². The zero-order valence-corrected chi connectivity index (χ0v) is 10.2. The monoisotopic (exact) mass is 253 g/mol. The molecule has 1 aromatic heterocycles. The lowest BCUT2D eigenvalue weighted by Gasteiger charge is -2.04. The predicted octanol–water partition coefficient (Wildman–Crippen LogP) is 1.64. The van der Waals surface area contributed by atoms with Gasteiger partial charge in [-0.25, -0.2) is 0 Å². The van der Waals surface area contributed by atoms with Gasteiger partial charge in [-0.1, -0.05) is 6.07 Å². The van der Waals surface area contributed by atoms with Crippen LogP contribution in [0.15, 0.2) is 35.4 Å². The normalized spacial score (nSPS) is 11.9. The summed E-state index contributed by atoms with van der Waals surface area (Å²) in [6.45, 7) is 1.41. The van der Waals surface area contributed by atoms with Gasteiger partial charge in [0.25, 0.3) is 10.1 Å². The maximum atomic E-state index is 11.7. The van der Waals surface area contributed by atoms with E-state index in [0.717, 1.165) is 7.11 Å². The second-order valence-corrected chi connectivity index (χ2v) is 5.20. The van der Waals surface area contributed by atoms with Crippen molar-refractivity contribution in [1.82, 2.24) is 4.57 Å². The van der Waals surface area contributed by atoms with Crippen LogP contribution >= 0.6 is 0 Å². The van der Waals surface area contributed by atoms with E-state index in [1.54, 1.807) is 24.4 Å². The molecule has 0 saturated heterocycles. The molecule has 0 fully saturated rings. The van der Waals surface area contributed by atoms with Gasteiger partial charge in [0.15, 0.2) is 0 Å². The zero-order chi connectivity index (χ0) is 12.6. The molecular formula is C11H11NO4S. The Morgan fingerprint density at radius 2 is 2.00 bits per heavy atom. The topological polar surface area (TPSA) is 65.4 Å². The minimum Gasteiger partial charge on any atom is -0.287 e. The molecule has 0 amide bonds. The first-order valence-corrected chi connectivity index (χ1v) is 6.30. The summed E-state index contributed by atoms with van der Waals surface area (Å²) in [7, 11) is -2.65. The Morgan fingerprint density at radius 3 is 2.59 bits per heavy atom. The van der Waals surface area contributed by atoms with Gasteiger partial charge in [0.2, 0.25) is 5.91 Å². The Kier molecular flexibility index (Phi) is 2.76. The molecular weight excluding hydrogens is 242 g/mol. The highest BCUT2D eigenvalue weighted by Gasteiger charge is 2.18. The number of carbonyl (C=O) groups excluding carboxylic acids is 1. The summed E-state index contributed by atoms with van der Waals surface area (Å²) in [5.41, 5.74) is 0.552. The summed E-state index contributed by atoms with van der Waals surface area (Å²) in [6, 6.07) is 6.30. The molecule has 0 bridgehead atoms. The number of benzene rings is 1. The fourth-order valence-corrected chi connectivity index (χ4v) is 2.59. The van der Waals surface area contributed by atoms with Gasteiger partial charge in [-0.2, -0.15) is 8.42 Å². The van der Waals surface area contributed by atoms with Crippen LogP contribution in [-0.4, -0.2) is 26.0 Å². The lowest BCUT2D eigenvalue weighted by Crippen LogP contribution is -2.05. The third-order valence-electron chi connectivity index (χ3n) is 2.52. The van der Waals surface area contributed by atoms with Crippen LogP contribution in [0.25, 0.3) is 10.9 Å². The molecule has 0 aliphatic carbocycles. The fourth-order valence-electron chi connectivity index (χ4n) is 1.72. The van der Waals surface area contributed by atoms with Crippen LogP contribution in [0.2, 0.25) is 0 Å². The molecule has 0 atom stereocenters. The smallest absolute Gasteiger partial charge is 0.287 e. The van der Waals surface area contributed by atoms with Crippen LogP contribution in [-0.2, 0) is 14.3 Å². The van der Waals surface area contributed by atoms with Gasteiger partial charge in [0.1, 0.15) is 4.90 Å². The number of hydrogen-bond acceptors (Lipinski definition) is 4. The van der Waals surface area contributed by atoms with Crippen molar-refractivity contribution < 1.29 is 17.4 Å². The van der Waals surface area contributed by atoms with Crippen molar-refractivity contribution in [2.24, 2.45) is 0 Å². The largest absolute Gasteiger partial charge is 0.297 e. The molecule has 2 rings (SSSR count). The highest BCUT2D eigenvalue weighted by Crippen LogP contribution is 2.25. The summed E-state index contributed by atoms with van der Waals surface area (Å²) in [6.07, 6.45) is 1.54. The lowest BCUT2D eigenvalue weighted by atomic mass is 10.2. The second kappa shape index (κ2) is 3.97. The van der Waals surface area contributed by atoms with E-state index >= 15 is 0 Å². The molecule has 0 radical (unpaired) electrons. The third kappa shape index (κ3) is 1.85. The summed E-state index contributed by atoms with van der Waals surface area (Å²) in [4.78, 5) is 11.4. The van der Waals surface area contributed by atoms with E-state index < -0.39 is 10.1 Å². The minimum absolute atomic E-state index is 0.0671. The molecule has 5 nitrogen and oxygen atoms in total. The fraction of sp³-hybridized carbons (Fsp3) is 0.182. The van der Waals surface area contributed by atoms with Crippen molar-refractivity contribution in [1.29, 1.82) is 0 Å². The van der Waals surface area contributed by atoms with Gasteiger partial charge in [0.05, 0.1) is 12.6 Å². The summed E-state index contributed by atoms with van der Waals surface area (Å²) >= 11 is 0. The van der Waals surface area contributed by atoms with Gasteiger partial charge in [-0.3, -0.25) is 13.5 Å². The minimum atomic E-state index is -3.76. The van der Waals surface area contributed by atoms with E-state index in [-0.39, 0.29) is 10.8 Å². The van der Waals surface area contributed by atoms with Crippen LogP contribution < -0.4 is 0 Å². The Bertz CT molecular complexity index is 685. The molecule has 0 unspecified atom stereocenters. The average molecular weight is 253 g/mol. The number of aromatic nitrogens is 1. The molecule has 1 heterocycles. The Hall–Kier alpha value is -1.66. The van der Waals surface area contributed by atoms with Gasteiger partial charge >= 0.3 is 0 Å². The van der Waals surface area contributed by atoms with Crippen molar-refractivity contribution in [3.05, 3.63) is 30.5 Å². The van der Waals surface area contributed by atoms with Crippen LogP contribution in [0, 0.1) is 0 Å². The second-order valence-electron chi connectivity index (χ2n) is 3.51. The maximum absolute atomic E-state index is 11.7. The van der Waals surface area contributed by atoms with Gasteiger partial charge in [0, 0.05) is 18.5 Å². The highest BCUT2D eigenvalue weighted by atomic mass is 32.2. The Morgan fingerprint density at radius 1 is 1.29 bits per heavy atom. The SMILES string of the molecule is COS(=O)(=O)c1cccc2c1ccn2C(C)=O. The number of hydrogen-bond donors (Lipinski definition) is 0. The highest BCUT2D eigenvalue weighted by molar-refractivity contribution is 7.87. The number of rotatable bonds is 2. The van der Waals surface area contributed by atoms with Crippen LogP contribution in [0.5, 0.6) is 0 Å². The standard InChI is InChI=1S/C11H11NO4S/c1-8(13)12-7-6-9-10(12)4-3-5-11(9)17(14,15)16-2/h3-7H,1-2H3. The number of fused-ring (bicyclic) bond motifs is 1. The Labute approximate surface area is 98.7 Å². The molecule has 90 valence electrons. The van der Waals surface area contributed by atoms with Crippen molar-refractivity contribution in [3.8, 4) is 0 Å². The molecule has 0 aliphatic heterocycles. The van der Waals surface area contributed by atoms with E-state index in [4.69, 9.17) is 0 Å². The third-order valence-corrected chi connectivity index (χ3v) is 3.85. The summed E-state index contributed by atoms with van der Waals surface area (Å²) in [5, 5.41) is 0.476. The lowest BCUT2D eigenvalue weighted by molar-refractivity contribution is 0.0941. The molecule has 0 N–H and O–H groups in total. The molecule has 0 saturated carbocycles. The maximum Gasteiger partial charge on any atom is 0.297 e. The molecule has 6 heteroatoms. The molecule has 2 aromatic rings. The van der Waals surface area contributed by atoms with E-state index in [9.17, 15) is 13.2 Å². The van der Waals surface area contributed by atoms with Crippen LogP contribution in [0.3, 0.4) is 0 Å². The van der Waals surface area contributed by atoms with E-state index in [2.05, 4.69) is 4.18 Å². The average Bonchev–Trinajstić information content (AvgIpc) is 2.72. The van der Waals surface area contributed by atoms with E-state index in [1.165, 1.54) is 17.6 Å². The van der Waals surface area contributed by atoms with Crippen LogP contribution in [0.1, 0.15) is 11.7 Å². The van der Waals surface area contributed by atoms with Crippen molar-refractivity contribution >= 4 is 26.9 Å². The summed E-state index contributed by atoms with van der Waals surface area (Å²) in [5.74, 6) is -0.174. The molecule has 17 heavy (non-hydrogen) atoms. The quantitative estimate of drug-likeness (QED) is 0.763. The zero-order valence-electron chi connectivity index (χ0n) is 9.38. The predicted molar refractivity (Wildman–Crippen MR) is 62.4 cm³/mol. The Balaban J connectivity index is 2.81. The van der Waals surface area contributed by atoms with Crippen molar-refractivity contribution in [2.45, 2.75) is 11.8 Å². The van der Waals surface area contributed by atoms with E-state index in [1.807, 2.05) is 0 Å². The van der Waals surface area contributed by atoms with Crippen molar-refractivity contribution in [3.63, 3.8) is 0 Å². The number of carbonyl (C=O) groups is 1. The first kappa shape index (κ1) is 11.8. The van der Waals surface area contributed by atoms with E-state index in [0.29, 0.717) is 10.9 Å². The van der Waals surface area contributed by atoms with Gasteiger partial charge in [-0.15, -0.1) is 0 Å². The van der Waals surface area contributed by atoms with Crippen LogP contribution in [0.4, 0.5) is 0 Å². The molecule has 1 aromatic carbocycles. The van der Waals surface area contributed by atoms with Gasteiger partial charge < -0.3 is 0 Å². The first-order chi connectivity index (χ1) is 7.97. The molecule has 0 spiro atoms.